The predicted octanol–water partition coefficient (Wildman–Crippen LogP) is 2.13. The van der Waals surface area contributed by atoms with E-state index in [0.29, 0.717) is 0 Å². The van der Waals surface area contributed by atoms with Crippen molar-refractivity contribution in [1.29, 1.82) is 0 Å². The zero-order chi connectivity index (χ0) is 10.9. The quantitative estimate of drug-likeness (QED) is 0.725. The molecule has 0 saturated carbocycles. The van der Waals surface area contributed by atoms with Crippen LogP contribution in [-0.2, 0) is 0 Å². The van der Waals surface area contributed by atoms with Crippen molar-refractivity contribution in [3.8, 4) is 5.75 Å². The Kier molecular flexibility index (Phi) is 3.22. The summed E-state index contributed by atoms with van der Waals surface area (Å²) in [7, 11) is 0.740. The molecule has 1 aromatic rings. The second kappa shape index (κ2) is 4.05. The molecule has 0 spiro atoms. The SMILES string of the molecule is Cc1c(C)c(C)c(O[B]O)c(C)c1C. The van der Waals surface area contributed by atoms with E-state index in [9.17, 15) is 0 Å². The Morgan fingerprint density at radius 1 is 0.786 bits per heavy atom. The van der Waals surface area contributed by atoms with Crippen molar-refractivity contribution in [2.24, 2.45) is 0 Å². The molecule has 14 heavy (non-hydrogen) atoms. The van der Waals surface area contributed by atoms with Gasteiger partial charge in [0.1, 0.15) is 5.75 Å². The van der Waals surface area contributed by atoms with E-state index in [1.807, 2.05) is 13.8 Å². The van der Waals surface area contributed by atoms with Crippen LogP contribution in [0, 0.1) is 34.6 Å². The third-order valence-corrected chi connectivity index (χ3v) is 3.10. The van der Waals surface area contributed by atoms with Gasteiger partial charge in [-0.15, -0.1) is 0 Å². The van der Waals surface area contributed by atoms with Crippen molar-refractivity contribution >= 4 is 7.69 Å². The summed E-state index contributed by atoms with van der Waals surface area (Å²) >= 11 is 0. The molecule has 1 rings (SSSR count). The van der Waals surface area contributed by atoms with E-state index in [0.717, 1.165) is 24.6 Å². The molecule has 0 aliphatic carbocycles. The number of hydrogen-bond acceptors (Lipinski definition) is 2. The largest absolute Gasteiger partial charge is 0.569 e. The van der Waals surface area contributed by atoms with Crippen LogP contribution in [-0.4, -0.2) is 12.7 Å². The predicted molar refractivity (Wildman–Crippen MR) is 58.7 cm³/mol. The Bertz CT molecular complexity index is 330. The van der Waals surface area contributed by atoms with Crippen LogP contribution < -0.4 is 4.65 Å². The van der Waals surface area contributed by atoms with Crippen molar-refractivity contribution in [2.75, 3.05) is 0 Å². The summed E-state index contributed by atoms with van der Waals surface area (Å²) in [6, 6.07) is 0. The molecule has 1 aromatic carbocycles. The molecule has 0 bridgehead atoms. The van der Waals surface area contributed by atoms with Gasteiger partial charge in [0.05, 0.1) is 0 Å². The fourth-order valence-corrected chi connectivity index (χ4v) is 1.70. The van der Waals surface area contributed by atoms with Crippen molar-refractivity contribution in [3.63, 3.8) is 0 Å². The second-order valence-corrected chi connectivity index (χ2v) is 3.68. The monoisotopic (exact) mass is 191 g/mol. The normalized spacial score (nSPS) is 10.1. The highest BCUT2D eigenvalue weighted by atomic mass is 16.5. The number of benzene rings is 1. The van der Waals surface area contributed by atoms with Gasteiger partial charge >= 0.3 is 7.69 Å². The molecule has 1 N–H and O–H groups in total. The van der Waals surface area contributed by atoms with Gasteiger partial charge in [-0.25, -0.2) is 0 Å². The Balaban J connectivity index is 3.43. The molecule has 0 aliphatic heterocycles. The van der Waals surface area contributed by atoms with E-state index < -0.39 is 0 Å². The van der Waals surface area contributed by atoms with Crippen LogP contribution in [0.2, 0.25) is 0 Å². The molecular formula is C11H16BO2. The molecule has 0 unspecified atom stereocenters. The highest BCUT2D eigenvalue weighted by Crippen LogP contribution is 2.31. The van der Waals surface area contributed by atoms with Crippen LogP contribution in [0.4, 0.5) is 0 Å². The average Bonchev–Trinajstić information content (AvgIpc) is 2.19. The summed E-state index contributed by atoms with van der Waals surface area (Å²) in [5, 5.41) is 8.67. The fourth-order valence-electron chi connectivity index (χ4n) is 1.70. The maximum Gasteiger partial charge on any atom is 0.569 e. The van der Waals surface area contributed by atoms with E-state index in [1.54, 1.807) is 0 Å². The first-order chi connectivity index (χ1) is 6.50. The van der Waals surface area contributed by atoms with Crippen molar-refractivity contribution < 1.29 is 9.68 Å². The van der Waals surface area contributed by atoms with Crippen LogP contribution >= 0.6 is 0 Å². The standard InChI is InChI=1S/C11H16BO2/c1-6-7(2)9(4)11(14-12-13)10(5)8(6)3/h13H,1-5H3. The third-order valence-electron chi connectivity index (χ3n) is 3.10. The number of rotatable bonds is 2. The summed E-state index contributed by atoms with van der Waals surface area (Å²) in [5.41, 5.74) is 5.94. The first-order valence-corrected chi connectivity index (χ1v) is 4.70. The van der Waals surface area contributed by atoms with Gasteiger partial charge in [0.15, 0.2) is 0 Å². The smallest absolute Gasteiger partial charge is 0.537 e. The van der Waals surface area contributed by atoms with Gasteiger partial charge in [-0.2, -0.15) is 0 Å². The minimum Gasteiger partial charge on any atom is -0.537 e. The Morgan fingerprint density at radius 2 is 1.14 bits per heavy atom. The zero-order valence-corrected chi connectivity index (χ0v) is 9.43. The third kappa shape index (κ3) is 1.64. The molecule has 0 aliphatic rings. The molecule has 2 nitrogen and oxygen atoms in total. The van der Waals surface area contributed by atoms with Crippen LogP contribution in [0.3, 0.4) is 0 Å². The highest BCUT2D eigenvalue weighted by Gasteiger charge is 2.12. The highest BCUT2D eigenvalue weighted by molar-refractivity contribution is 6.17. The van der Waals surface area contributed by atoms with Crippen LogP contribution in [0.1, 0.15) is 27.8 Å². The van der Waals surface area contributed by atoms with E-state index >= 15 is 0 Å². The first kappa shape index (κ1) is 11.1. The van der Waals surface area contributed by atoms with Crippen LogP contribution in [0.25, 0.3) is 0 Å². The lowest BCUT2D eigenvalue weighted by Crippen LogP contribution is -2.06. The van der Waals surface area contributed by atoms with Gasteiger partial charge in [0, 0.05) is 0 Å². The van der Waals surface area contributed by atoms with Crippen molar-refractivity contribution in [2.45, 2.75) is 34.6 Å². The fraction of sp³-hybridized carbons (Fsp3) is 0.455. The Labute approximate surface area is 86.2 Å². The summed E-state index contributed by atoms with van der Waals surface area (Å²) < 4.78 is 5.11. The topological polar surface area (TPSA) is 29.5 Å². The molecule has 0 saturated heterocycles. The van der Waals surface area contributed by atoms with Crippen molar-refractivity contribution in [3.05, 3.63) is 27.8 Å². The van der Waals surface area contributed by atoms with E-state index in [2.05, 4.69) is 20.8 Å². The molecule has 0 atom stereocenters. The number of hydrogen-bond donors (Lipinski definition) is 1. The first-order valence-electron chi connectivity index (χ1n) is 4.70. The summed E-state index contributed by atoms with van der Waals surface area (Å²) in [4.78, 5) is 0. The average molecular weight is 191 g/mol. The minimum absolute atomic E-state index is 0.740. The second-order valence-electron chi connectivity index (χ2n) is 3.68. The maximum absolute atomic E-state index is 8.67. The molecule has 1 radical (unpaired) electrons. The Morgan fingerprint density at radius 3 is 1.50 bits per heavy atom. The molecule has 0 aromatic heterocycles. The summed E-state index contributed by atoms with van der Waals surface area (Å²) in [6.45, 7) is 10.3. The van der Waals surface area contributed by atoms with E-state index in [-0.39, 0.29) is 0 Å². The van der Waals surface area contributed by atoms with Gasteiger partial charge in [-0.1, -0.05) is 0 Å². The summed E-state index contributed by atoms with van der Waals surface area (Å²) in [6.07, 6.45) is 0. The van der Waals surface area contributed by atoms with E-state index in [4.69, 9.17) is 9.68 Å². The lowest BCUT2D eigenvalue weighted by Gasteiger charge is -2.17. The summed E-state index contributed by atoms with van der Waals surface area (Å²) in [5.74, 6) is 0.771. The van der Waals surface area contributed by atoms with Gasteiger partial charge in [-0.05, 0) is 62.4 Å². The molecule has 0 fully saturated rings. The lowest BCUT2D eigenvalue weighted by atomic mass is 9.94. The van der Waals surface area contributed by atoms with Gasteiger partial charge < -0.3 is 9.68 Å². The van der Waals surface area contributed by atoms with Gasteiger partial charge in [-0.3, -0.25) is 0 Å². The van der Waals surface area contributed by atoms with Crippen LogP contribution in [0.5, 0.6) is 5.75 Å². The van der Waals surface area contributed by atoms with Crippen LogP contribution in [0.15, 0.2) is 0 Å². The van der Waals surface area contributed by atoms with Gasteiger partial charge in [0.2, 0.25) is 0 Å². The Hall–Kier alpha value is -0.955. The van der Waals surface area contributed by atoms with Gasteiger partial charge in [0.25, 0.3) is 0 Å². The molecule has 0 amide bonds. The lowest BCUT2D eigenvalue weighted by molar-refractivity contribution is 0.449. The molecular weight excluding hydrogens is 175 g/mol. The molecule has 3 heteroatoms. The van der Waals surface area contributed by atoms with E-state index in [1.165, 1.54) is 16.7 Å². The molecule has 75 valence electrons. The molecule has 0 heterocycles. The zero-order valence-electron chi connectivity index (χ0n) is 9.43. The van der Waals surface area contributed by atoms with Crippen molar-refractivity contribution in [1.82, 2.24) is 0 Å². The maximum atomic E-state index is 8.67. The minimum atomic E-state index is 0.740.